The molecule has 0 radical (unpaired) electrons. The lowest BCUT2D eigenvalue weighted by Gasteiger charge is -2.43. The zero-order valence-corrected chi connectivity index (χ0v) is 24.4. The SMILES string of the molecule is COc1ccc(Oc2coc3cc(O[C@@H]4O[C@H](COC(C)=O)[C@@H](OC(C)=O)[C@@H](OC(C)=O)[C@@H]4OC(C)=O)ccc3c2=O)cc1. The maximum atomic E-state index is 13.1. The smallest absolute Gasteiger partial charge is 0.303 e. The van der Waals surface area contributed by atoms with Crippen LogP contribution in [0.3, 0.4) is 0 Å². The Balaban J connectivity index is 1.65. The van der Waals surface area contributed by atoms with Crippen molar-refractivity contribution in [3.05, 3.63) is 59.0 Å². The van der Waals surface area contributed by atoms with Gasteiger partial charge in [0, 0.05) is 33.8 Å². The van der Waals surface area contributed by atoms with Gasteiger partial charge in [-0.25, -0.2) is 0 Å². The quantitative estimate of drug-likeness (QED) is 0.241. The van der Waals surface area contributed by atoms with E-state index in [1.165, 1.54) is 32.2 Å². The Morgan fingerprint density at radius 1 is 0.750 bits per heavy atom. The van der Waals surface area contributed by atoms with E-state index in [9.17, 15) is 24.0 Å². The Morgan fingerprint density at radius 3 is 1.95 bits per heavy atom. The summed E-state index contributed by atoms with van der Waals surface area (Å²) in [4.78, 5) is 60.7. The number of carbonyl (C=O) groups is 4. The van der Waals surface area contributed by atoms with E-state index in [1.807, 2.05) is 0 Å². The van der Waals surface area contributed by atoms with Crippen LogP contribution in [0.25, 0.3) is 11.0 Å². The van der Waals surface area contributed by atoms with E-state index in [-0.39, 0.29) is 22.5 Å². The van der Waals surface area contributed by atoms with Crippen LogP contribution in [0.1, 0.15) is 27.7 Å². The highest BCUT2D eigenvalue weighted by Crippen LogP contribution is 2.32. The van der Waals surface area contributed by atoms with Crippen molar-refractivity contribution in [2.45, 2.75) is 58.4 Å². The summed E-state index contributed by atoms with van der Waals surface area (Å²) in [5.41, 5.74) is -0.332. The molecule has 0 spiro atoms. The van der Waals surface area contributed by atoms with Gasteiger partial charge in [0.1, 0.15) is 41.8 Å². The van der Waals surface area contributed by atoms with Gasteiger partial charge in [-0.05, 0) is 36.4 Å². The first-order valence-corrected chi connectivity index (χ1v) is 13.3. The van der Waals surface area contributed by atoms with Crippen molar-refractivity contribution < 1.29 is 61.5 Å². The van der Waals surface area contributed by atoms with Gasteiger partial charge in [-0.15, -0.1) is 0 Å². The fourth-order valence-corrected chi connectivity index (χ4v) is 4.42. The highest BCUT2D eigenvalue weighted by molar-refractivity contribution is 5.79. The monoisotopic (exact) mass is 614 g/mol. The molecule has 0 amide bonds. The molecule has 1 saturated heterocycles. The molecule has 0 saturated carbocycles. The molecule has 14 nitrogen and oxygen atoms in total. The molecule has 1 aliphatic rings. The van der Waals surface area contributed by atoms with E-state index in [0.29, 0.717) is 11.5 Å². The third-order valence-corrected chi connectivity index (χ3v) is 6.20. The molecule has 14 heteroatoms. The third-order valence-electron chi connectivity index (χ3n) is 6.20. The summed E-state index contributed by atoms with van der Waals surface area (Å²) in [5.74, 6) is -1.92. The van der Waals surface area contributed by atoms with Crippen molar-refractivity contribution in [2.75, 3.05) is 13.7 Å². The molecular formula is C30H30O14. The van der Waals surface area contributed by atoms with Crippen LogP contribution >= 0.6 is 0 Å². The van der Waals surface area contributed by atoms with Gasteiger partial charge >= 0.3 is 23.9 Å². The summed E-state index contributed by atoms with van der Waals surface area (Å²) < 4.78 is 49.6. The number of esters is 4. The lowest BCUT2D eigenvalue weighted by molar-refractivity contribution is -0.288. The van der Waals surface area contributed by atoms with Crippen LogP contribution in [0.4, 0.5) is 0 Å². The van der Waals surface area contributed by atoms with Gasteiger partial charge < -0.3 is 42.3 Å². The topological polar surface area (TPSA) is 172 Å². The van der Waals surface area contributed by atoms with Crippen molar-refractivity contribution in [2.24, 2.45) is 0 Å². The summed E-state index contributed by atoms with van der Waals surface area (Å²) in [7, 11) is 1.53. The number of carbonyl (C=O) groups excluding carboxylic acids is 4. The molecule has 1 fully saturated rings. The number of hydrogen-bond donors (Lipinski definition) is 0. The van der Waals surface area contributed by atoms with E-state index >= 15 is 0 Å². The van der Waals surface area contributed by atoms with Crippen molar-refractivity contribution in [1.29, 1.82) is 0 Å². The van der Waals surface area contributed by atoms with Crippen LogP contribution in [-0.2, 0) is 42.9 Å². The first-order chi connectivity index (χ1) is 20.9. The van der Waals surface area contributed by atoms with E-state index < -0.39 is 66.6 Å². The Kier molecular flexibility index (Phi) is 10.1. The molecule has 0 bridgehead atoms. The first-order valence-electron chi connectivity index (χ1n) is 13.3. The average Bonchev–Trinajstić information content (AvgIpc) is 2.96. The Hall–Kier alpha value is -5.11. The van der Waals surface area contributed by atoms with Gasteiger partial charge in [0.2, 0.25) is 23.6 Å². The molecule has 0 unspecified atom stereocenters. The summed E-state index contributed by atoms with van der Waals surface area (Å²) in [6, 6.07) is 10.9. The van der Waals surface area contributed by atoms with Crippen LogP contribution in [0.15, 0.2) is 57.9 Å². The molecule has 1 aliphatic heterocycles. The number of hydrogen-bond acceptors (Lipinski definition) is 14. The highest BCUT2D eigenvalue weighted by atomic mass is 16.7. The minimum Gasteiger partial charge on any atom is -0.497 e. The number of ether oxygens (including phenoxy) is 8. The van der Waals surface area contributed by atoms with Crippen molar-refractivity contribution in [3.63, 3.8) is 0 Å². The van der Waals surface area contributed by atoms with Crippen LogP contribution in [-0.4, -0.2) is 68.3 Å². The molecule has 0 aliphatic carbocycles. The average molecular weight is 615 g/mol. The number of rotatable bonds is 10. The second-order valence-corrected chi connectivity index (χ2v) is 9.55. The van der Waals surface area contributed by atoms with Gasteiger partial charge in [0.15, 0.2) is 12.2 Å². The van der Waals surface area contributed by atoms with Crippen LogP contribution in [0, 0.1) is 0 Å². The normalized spacial score (nSPS) is 21.1. The predicted molar refractivity (Wildman–Crippen MR) is 148 cm³/mol. The molecule has 5 atom stereocenters. The summed E-state index contributed by atoms with van der Waals surface area (Å²) in [5, 5.41) is 0.171. The van der Waals surface area contributed by atoms with Crippen molar-refractivity contribution in [1.82, 2.24) is 0 Å². The second-order valence-electron chi connectivity index (χ2n) is 9.55. The molecule has 2 heterocycles. The van der Waals surface area contributed by atoms with Crippen molar-refractivity contribution in [3.8, 4) is 23.0 Å². The number of methoxy groups -OCH3 is 1. The third kappa shape index (κ3) is 7.83. The standard InChI is InChI=1S/C30H30O14/c1-15(31)37-14-25-27(39-16(2)32)28(40-17(3)33)29(41-18(4)34)30(44-25)43-21-10-11-22-23(12-21)38-13-24(26(22)35)42-20-8-6-19(36-5)7-9-20/h6-13,25,27-30H,14H2,1-5H3/t25-,27-,28-,29+,30-/m1/s1. The number of fused-ring (bicyclic) bond motifs is 1. The Labute approximate surface area is 250 Å². The minimum absolute atomic E-state index is 0.0593. The van der Waals surface area contributed by atoms with Crippen LogP contribution < -0.4 is 19.6 Å². The molecule has 44 heavy (non-hydrogen) atoms. The zero-order valence-electron chi connectivity index (χ0n) is 24.4. The fraction of sp³-hybridized carbons (Fsp3) is 0.367. The lowest BCUT2D eigenvalue weighted by atomic mass is 9.98. The lowest BCUT2D eigenvalue weighted by Crippen LogP contribution is -2.63. The molecular weight excluding hydrogens is 584 g/mol. The first kappa shape index (κ1) is 31.8. The van der Waals surface area contributed by atoms with E-state index in [4.69, 9.17) is 42.3 Å². The van der Waals surface area contributed by atoms with Gasteiger partial charge in [-0.3, -0.25) is 24.0 Å². The summed E-state index contributed by atoms with van der Waals surface area (Å²) in [6.45, 7) is 4.10. The van der Waals surface area contributed by atoms with Crippen LogP contribution in [0.2, 0.25) is 0 Å². The minimum atomic E-state index is -1.46. The summed E-state index contributed by atoms with van der Waals surface area (Å²) >= 11 is 0. The second kappa shape index (κ2) is 13.9. The highest BCUT2D eigenvalue weighted by Gasteiger charge is 2.53. The van der Waals surface area contributed by atoms with E-state index in [2.05, 4.69) is 0 Å². The maximum absolute atomic E-state index is 13.1. The predicted octanol–water partition coefficient (Wildman–Crippen LogP) is 3.06. The Morgan fingerprint density at radius 2 is 1.34 bits per heavy atom. The molecule has 1 aromatic heterocycles. The van der Waals surface area contributed by atoms with Crippen LogP contribution in [0.5, 0.6) is 23.0 Å². The number of benzene rings is 2. The van der Waals surface area contributed by atoms with E-state index in [0.717, 1.165) is 27.0 Å². The maximum Gasteiger partial charge on any atom is 0.303 e. The molecule has 3 aromatic rings. The van der Waals surface area contributed by atoms with Crippen molar-refractivity contribution >= 4 is 34.8 Å². The molecule has 4 rings (SSSR count). The molecule has 2 aromatic carbocycles. The van der Waals surface area contributed by atoms with Gasteiger partial charge in [0.25, 0.3) is 0 Å². The Bertz CT molecular complexity index is 1580. The molecule has 234 valence electrons. The zero-order chi connectivity index (χ0) is 32.0. The van der Waals surface area contributed by atoms with Gasteiger partial charge in [0.05, 0.1) is 12.5 Å². The molecule has 0 N–H and O–H groups in total. The van der Waals surface area contributed by atoms with E-state index in [1.54, 1.807) is 24.3 Å². The largest absolute Gasteiger partial charge is 0.497 e. The summed E-state index contributed by atoms with van der Waals surface area (Å²) in [6.07, 6.45) is -5.68. The van der Waals surface area contributed by atoms with Gasteiger partial charge in [-0.1, -0.05) is 0 Å². The van der Waals surface area contributed by atoms with Gasteiger partial charge in [-0.2, -0.15) is 0 Å². The fourth-order valence-electron chi connectivity index (χ4n) is 4.42.